The number of carbonyl (C=O) groups is 2. The van der Waals surface area contributed by atoms with E-state index >= 15 is 0 Å². The number of amides is 1. The Bertz CT molecular complexity index is 899. The lowest BCUT2D eigenvalue weighted by Crippen LogP contribution is -2.31. The first-order chi connectivity index (χ1) is 11.9. The average Bonchev–Trinajstić information content (AvgIpc) is 2.57. The van der Waals surface area contributed by atoms with Gasteiger partial charge in [0.1, 0.15) is 11.5 Å². The summed E-state index contributed by atoms with van der Waals surface area (Å²) in [6.07, 6.45) is 0.0901. The number of hydrogen-bond donors (Lipinski definition) is 1. The molecule has 7 nitrogen and oxygen atoms in total. The van der Waals surface area contributed by atoms with Crippen LogP contribution in [0.5, 0.6) is 11.5 Å². The lowest BCUT2D eigenvalue weighted by molar-refractivity contribution is -0.135. The molecule has 0 spiro atoms. The summed E-state index contributed by atoms with van der Waals surface area (Å²) in [6.45, 7) is 1.57. The number of pyridine rings is 1. The normalized spacial score (nSPS) is 16.1. The summed E-state index contributed by atoms with van der Waals surface area (Å²) in [6, 6.07) is 8.59. The highest BCUT2D eigenvalue weighted by molar-refractivity contribution is 5.77. The van der Waals surface area contributed by atoms with Crippen LogP contribution in [0.15, 0.2) is 35.1 Å². The number of esters is 1. The minimum atomic E-state index is -0.563. The molecule has 2 N–H and O–H groups in total. The predicted molar refractivity (Wildman–Crippen MR) is 89.6 cm³/mol. The van der Waals surface area contributed by atoms with Crippen molar-refractivity contribution in [1.82, 2.24) is 4.57 Å². The zero-order valence-electron chi connectivity index (χ0n) is 13.9. The van der Waals surface area contributed by atoms with Crippen molar-refractivity contribution in [1.29, 1.82) is 0 Å². The second-order valence-electron chi connectivity index (χ2n) is 5.98. The van der Waals surface area contributed by atoms with Gasteiger partial charge in [-0.3, -0.25) is 14.4 Å². The van der Waals surface area contributed by atoms with Crippen molar-refractivity contribution < 1.29 is 19.1 Å². The van der Waals surface area contributed by atoms with Crippen LogP contribution in [0.3, 0.4) is 0 Å². The van der Waals surface area contributed by atoms with Crippen LogP contribution in [-0.2, 0) is 16.6 Å². The molecular formula is C18H18N2O5. The fourth-order valence-electron chi connectivity index (χ4n) is 2.88. The lowest BCUT2D eigenvalue weighted by atomic mass is 9.87. The van der Waals surface area contributed by atoms with Gasteiger partial charge >= 0.3 is 5.97 Å². The Morgan fingerprint density at radius 3 is 2.64 bits per heavy atom. The van der Waals surface area contributed by atoms with Crippen LogP contribution in [0.4, 0.5) is 0 Å². The molecule has 25 heavy (non-hydrogen) atoms. The minimum absolute atomic E-state index is 0.0901. The van der Waals surface area contributed by atoms with Crippen LogP contribution in [0.2, 0.25) is 0 Å². The van der Waals surface area contributed by atoms with Crippen LogP contribution < -0.4 is 20.8 Å². The van der Waals surface area contributed by atoms with Crippen LogP contribution in [-0.4, -0.2) is 23.1 Å². The maximum absolute atomic E-state index is 12.7. The Labute approximate surface area is 144 Å². The van der Waals surface area contributed by atoms with Crippen molar-refractivity contribution in [2.75, 3.05) is 6.61 Å². The number of carbonyl (C=O) groups excluding carboxylic acids is 2. The van der Waals surface area contributed by atoms with Gasteiger partial charge in [-0.15, -0.1) is 0 Å². The number of fused-ring (bicyclic) bond motifs is 1. The number of primary amides is 1. The predicted octanol–water partition coefficient (Wildman–Crippen LogP) is 0.999. The molecule has 0 bridgehead atoms. The molecule has 3 rings (SSSR count). The SMILES string of the molecule is Cc1cc2c(c(=O)n1C)[C@H](c1ccc(OCC(N)=O)cc1)CC(=O)O2. The molecule has 1 aliphatic rings. The molecule has 0 unspecified atom stereocenters. The van der Waals surface area contributed by atoms with Gasteiger partial charge in [0.15, 0.2) is 6.61 Å². The number of benzene rings is 1. The van der Waals surface area contributed by atoms with Crippen LogP contribution in [0.1, 0.15) is 29.2 Å². The summed E-state index contributed by atoms with van der Waals surface area (Å²) in [5.74, 6) is -0.527. The Morgan fingerprint density at radius 1 is 1.32 bits per heavy atom. The number of rotatable bonds is 4. The van der Waals surface area contributed by atoms with Crippen molar-refractivity contribution in [2.45, 2.75) is 19.3 Å². The second-order valence-corrected chi connectivity index (χ2v) is 5.98. The summed E-state index contributed by atoms with van der Waals surface area (Å²) in [5.41, 5.74) is 6.85. The summed E-state index contributed by atoms with van der Waals surface area (Å²) in [4.78, 5) is 35.4. The fourth-order valence-corrected chi connectivity index (χ4v) is 2.88. The Kier molecular flexibility index (Phi) is 4.31. The quantitative estimate of drug-likeness (QED) is 0.836. The Hall–Kier alpha value is -3.09. The average molecular weight is 342 g/mol. The van der Waals surface area contributed by atoms with Gasteiger partial charge in [-0.1, -0.05) is 12.1 Å². The number of nitrogens with two attached hydrogens (primary N) is 1. The van der Waals surface area contributed by atoms with Gasteiger partial charge < -0.3 is 19.8 Å². The summed E-state index contributed by atoms with van der Waals surface area (Å²) in [5, 5.41) is 0. The van der Waals surface area contributed by atoms with Gasteiger partial charge in [0.2, 0.25) is 0 Å². The maximum Gasteiger partial charge on any atom is 0.312 e. The zero-order valence-corrected chi connectivity index (χ0v) is 13.9. The largest absolute Gasteiger partial charge is 0.484 e. The smallest absolute Gasteiger partial charge is 0.312 e. The molecule has 1 amide bonds. The Morgan fingerprint density at radius 2 is 2.00 bits per heavy atom. The molecule has 1 aliphatic heterocycles. The molecular weight excluding hydrogens is 324 g/mol. The van der Waals surface area contributed by atoms with E-state index in [-0.39, 0.29) is 30.5 Å². The van der Waals surface area contributed by atoms with Gasteiger partial charge in [0.25, 0.3) is 11.5 Å². The molecule has 0 saturated heterocycles. The molecule has 1 atom stereocenters. The molecule has 2 aromatic rings. The highest BCUT2D eigenvalue weighted by Crippen LogP contribution is 2.37. The second kappa shape index (κ2) is 6.43. The first-order valence-corrected chi connectivity index (χ1v) is 7.79. The molecule has 1 aromatic carbocycles. The highest BCUT2D eigenvalue weighted by Gasteiger charge is 2.32. The maximum atomic E-state index is 12.7. The number of aromatic nitrogens is 1. The Balaban J connectivity index is 1.99. The molecule has 130 valence electrons. The molecule has 0 aliphatic carbocycles. The monoisotopic (exact) mass is 342 g/mol. The number of ether oxygens (including phenoxy) is 2. The van der Waals surface area contributed by atoms with Crippen molar-refractivity contribution >= 4 is 11.9 Å². The summed E-state index contributed by atoms with van der Waals surface area (Å²) in [7, 11) is 1.69. The van der Waals surface area contributed by atoms with E-state index in [0.29, 0.717) is 22.8 Å². The van der Waals surface area contributed by atoms with Crippen molar-refractivity contribution in [3.63, 3.8) is 0 Å². The number of nitrogens with zero attached hydrogens (tertiary/aromatic N) is 1. The third-order valence-electron chi connectivity index (χ3n) is 4.28. The lowest BCUT2D eigenvalue weighted by Gasteiger charge is -2.25. The minimum Gasteiger partial charge on any atom is -0.484 e. The van der Waals surface area contributed by atoms with Gasteiger partial charge in [0, 0.05) is 24.7 Å². The molecule has 1 aromatic heterocycles. The van der Waals surface area contributed by atoms with E-state index in [2.05, 4.69) is 0 Å². The first-order valence-electron chi connectivity index (χ1n) is 7.79. The third kappa shape index (κ3) is 3.26. The van der Waals surface area contributed by atoms with Gasteiger partial charge in [0.05, 0.1) is 12.0 Å². The molecule has 7 heteroatoms. The zero-order chi connectivity index (χ0) is 18.1. The van der Waals surface area contributed by atoms with E-state index in [4.69, 9.17) is 15.2 Å². The molecule has 0 radical (unpaired) electrons. The number of aryl methyl sites for hydroxylation is 1. The molecule has 0 fully saturated rings. The van der Waals surface area contributed by atoms with Crippen LogP contribution in [0.25, 0.3) is 0 Å². The van der Waals surface area contributed by atoms with Gasteiger partial charge in [-0.25, -0.2) is 0 Å². The number of hydrogen-bond acceptors (Lipinski definition) is 5. The summed E-state index contributed by atoms with van der Waals surface area (Å²) >= 11 is 0. The van der Waals surface area contributed by atoms with E-state index in [9.17, 15) is 14.4 Å². The topological polar surface area (TPSA) is 101 Å². The van der Waals surface area contributed by atoms with E-state index in [1.54, 1.807) is 44.3 Å². The van der Waals surface area contributed by atoms with Gasteiger partial charge in [-0.2, -0.15) is 0 Å². The van der Waals surface area contributed by atoms with E-state index in [0.717, 1.165) is 5.56 Å². The molecule has 0 saturated carbocycles. The van der Waals surface area contributed by atoms with Crippen molar-refractivity contribution in [3.8, 4) is 11.5 Å². The van der Waals surface area contributed by atoms with E-state index in [1.807, 2.05) is 0 Å². The standard InChI is InChI=1S/C18H18N2O5/c1-10-7-14-17(18(23)20(10)2)13(8-16(22)25-14)11-3-5-12(6-4-11)24-9-15(19)21/h3-7,13H,8-9H2,1-2H3,(H2,19,21)/t13-/m0/s1. The van der Waals surface area contributed by atoms with Crippen LogP contribution in [0, 0.1) is 6.92 Å². The van der Waals surface area contributed by atoms with E-state index in [1.165, 1.54) is 4.57 Å². The van der Waals surface area contributed by atoms with Crippen LogP contribution >= 0.6 is 0 Å². The first kappa shape index (κ1) is 16.8. The molecule has 2 heterocycles. The van der Waals surface area contributed by atoms with Gasteiger partial charge in [-0.05, 0) is 24.6 Å². The van der Waals surface area contributed by atoms with E-state index < -0.39 is 5.91 Å². The van der Waals surface area contributed by atoms with Crippen molar-refractivity contribution in [3.05, 3.63) is 57.5 Å². The third-order valence-corrected chi connectivity index (χ3v) is 4.28. The highest BCUT2D eigenvalue weighted by atomic mass is 16.5. The fraction of sp³-hybridized carbons (Fsp3) is 0.278. The summed E-state index contributed by atoms with van der Waals surface area (Å²) < 4.78 is 12.0. The van der Waals surface area contributed by atoms with Crippen molar-refractivity contribution in [2.24, 2.45) is 12.8 Å².